The number of hydrogen-bond donors (Lipinski definition) is 3. The van der Waals surface area contributed by atoms with Crippen LogP contribution in [-0.2, 0) is 5.41 Å². The lowest BCUT2D eigenvalue weighted by atomic mass is 9.85. The summed E-state index contributed by atoms with van der Waals surface area (Å²) in [6, 6.07) is 7.07. The number of hydrogen-bond acceptors (Lipinski definition) is 2. The van der Waals surface area contributed by atoms with Crippen LogP contribution in [0.4, 0.5) is 4.79 Å². The van der Waals surface area contributed by atoms with E-state index in [0.717, 1.165) is 5.56 Å². The molecule has 0 saturated heterocycles. The number of aliphatic hydroxyl groups is 1. The van der Waals surface area contributed by atoms with Crippen LogP contribution < -0.4 is 10.6 Å². The molecule has 1 rings (SSSR count). The largest absolute Gasteiger partial charge is 0.394 e. The summed E-state index contributed by atoms with van der Waals surface area (Å²) >= 11 is 5.86. The lowest BCUT2D eigenvalue weighted by molar-refractivity contribution is 0.218. The third-order valence-corrected chi connectivity index (χ3v) is 3.22. The van der Waals surface area contributed by atoms with Gasteiger partial charge >= 0.3 is 6.03 Å². The number of carbonyl (C=O) groups excluding carboxylic acids is 1. The summed E-state index contributed by atoms with van der Waals surface area (Å²) in [7, 11) is 0. The van der Waals surface area contributed by atoms with E-state index in [-0.39, 0.29) is 24.1 Å². The van der Waals surface area contributed by atoms with Crippen molar-refractivity contribution in [1.29, 1.82) is 0 Å². The summed E-state index contributed by atoms with van der Waals surface area (Å²) < 4.78 is 0. The average Bonchev–Trinajstić information content (AvgIpc) is 2.37. The second kappa shape index (κ2) is 6.78. The van der Waals surface area contributed by atoms with Crippen LogP contribution >= 0.6 is 11.6 Å². The van der Waals surface area contributed by atoms with Crippen molar-refractivity contribution in [2.24, 2.45) is 0 Å². The Labute approximate surface area is 119 Å². The molecule has 0 fully saturated rings. The number of aliphatic hydroxyl groups excluding tert-OH is 1. The molecule has 0 saturated carbocycles. The van der Waals surface area contributed by atoms with E-state index >= 15 is 0 Å². The Bertz CT molecular complexity index is 418. The number of urea groups is 1. The van der Waals surface area contributed by atoms with Crippen LogP contribution in [0.5, 0.6) is 0 Å². The van der Waals surface area contributed by atoms with Crippen LogP contribution in [0.15, 0.2) is 24.3 Å². The van der Waals surface area contributed by atoms with Gasteiger partial charge in [0.25, 0.3) is 0 Å². The molecule has 0 aliphatic rings. The molecule has 0 radical (unpaired) electrons. The molecule has 0 bridgehead atoms. The highest BCUT2D eigenvalue weighted by Gasteiger charge is 2.21. The Morgan fingerprint density at radius 1 is 1.37 bits per heavy atom. The molecular formula is C14H21ClN2O2. The average molecular weight is 285 g/mol. The van der Waals surface area contributed by atoms with Crippen LogP contribution in [-0.4, -0.2) is 30.3 Å². The van der Waals surface area contributed by atoms with Gasteiger partial charge in [0, 0.05) is 17.0 Å². The molecule has 3 N–H and O–H groups in total. The first kappa shape index (κ1) is 15.8. The Morgan fingerprint density at radius 3 is 2.47 bits per heavy atom. The quantitative estimate of drug-likeness (QED) is 0.777. The molecule has 4 nitrogen and oxygen atoms in total. The van der Waals surface area contributed by atoms with Gasteiger partial charge in [-0.1, -0.05) is 37.6 Å². The zero-order chi connectivity index (χ0) is 14.5. The van der Waals surface area contributed by atoms with Crippen LogP contribution in [0, 0.1) is 0 Å². The van der Waals surface area contributed by atoms with Gasteiger partial charge in [-0.25, -0.2) is 4.79 Å². The van der Waals surface area contributed by atoms with Crippen molar-refractivity contribution in [2.75, 3.05) is 13.2 Å². The van der Waals surface area contributed by atoms with E-state index in [1.165, 1.54) is 0 Å². The zero-order valence-electron chi connectivity index (χ0n) is 11.5. The van der Waals surface area contributed by atoms with Crippen LogP contribution in [0.1, 0.15) is 26.3 Å². The monoisotopic (exact) mass is 284 g/mol. The normalized spacial score (nSPS) is 12.9. The number of amides is 2. The summed E-state index contributed by atoms with van der Waals surface area (Å²) in [6.07, 6.45) is 0. The van der Waals surface area contributed by atoms with Gasteiger partial charge in [0.1, 0.15) is 0 Å². The zero-order valence-corrected chi connectivity index (χ0v) is 12.3. The highest BCUT2D eigenvalue weighted by Crippen LogP contribution is 2.23. The fraction of sp³-hybridized carbons (Fsp3) is 0.500. The molecule has 0 aromatic heterocycles. The number of rotatable bonds is 5. The Balaban J connectivity index is 2.55. The highest BCUT2D eigenvalue weighted by atomic mass is 35.5. The van der Waals surface area contributed by atoms with Crippen molar-refractivity contribution in [3.8, 4) is 0 Å². The predicted molar refractivity (Wildman–Crippen MR) is 77.6 cm³/mol. The SMILES string of the molecule is CC(CO)NC(=O)NCC(C)(C)c1ccc(Cl)cc1. The summed E-state index contributed by atoms with van der Waals surface area (Å²) in [5, 5.41) is 15.0. The maximum Gasteiger partial charge on any atom is 0.315 e. The van der Waals surface area contributed by atoms with Crippen LogP contribution in [0.25, 0.3) is 0 Å². The van der Waals surface area contributed by atoms with E-state index in [2.05, 4.69) is 10.6 Å². The minimum atomic E-state index is -0.274. The fourth-order valence-electron chi connectivity index (χ4n) is 1.62. The van der Waals surface area contributed by atoms with Gasteiger partial charge in [-0.2, -0.15) is 0 Å². The predicted octanol–water partition coefficient (Wildman–Crippen LogP) is 2.30. The molecule has 1 unspecified atom stereocenters. The summed E-state index contributed by atoms with van der Waals surface area (Å²) in [4.78, 5) is 11.6. The maximum atomic E-state index is 11.6. The van der Waals surface area contributed by atoms with E-state index in [9.17, 15) is 4.79 Å². The molecular weight excluding hydrogens is 264 g/mol. The third-order valence-electron chi connectivity index (χ3n) is 2.97. The molecule has 0 aliphatic heterocycles. The van der Waals surface area contributed by atoms with Gasteiger partial charge < -0.3 is 15.7 Å². The second-order valence-electron chi connectivity index (χ2n) is 5.30. The number of nitrogens with one attached hydrogen (secondary N) is 2. The van der Waals surface area contributed by atoms with Crippen LogP contribution in [0.3, 0.4) is 0 Å². The maximum absolute atomic E-state index is 11.6. The topological polar surface area (TPSA) is 61.4 Å². The second-order valence-corrected chi connectivity index (χ2v) is 5.74. The first-order valence-electron chi connectivity index (χ1n) is 6.26. The van der Waals surface area contributed by atoms with Crippen molar-refractivity contribution in [3.63, 3.8) is 0 Å². The number of benzene rings is 1. The van der Waals surface area contributed by atoms with E-state index in [0.29, 0.717) is 11.6 Å². The lowest BCUT2D eigenvalue weighted by Crippen LogP contribution is -2.46. The molecule has 106 valence electrons. The van der Waals surface area contributed by atoms with Crippen molar-refractivity contribution < 1.29 is 9.90 Å². The third kappa shape index (κ3) is 5.09. The number of carbonyl (C=O) groups is 1. The molecule has 1 aromatic rings. The molecule has 1 aromatic carbocycles. The molecule has 0 aliphatic carbocycles. The van der Waals surface area contributed by atoms with E-state index < -0.39 is 0 Å². The van der Waals surface area contributed by atoms with Crippen molar-refractivity contribution in [2.45, 2.75) is 32.2 Å². The van der Waals surface area contributed by atoms with Crippen molar-refractivity contribution in [1.82, 2.24) is 10.6 Å². The van der Waals surface area contributed by atoms with Crippen molar-refractivity contribution >= 4 is 17.6 Å². The Hall–Kier alpha value is -1.26. The molecule has 0 heterocycles. The van der Waals surface area contributed by atoms with E-state index in [1.54, 1.807) is 6.92 Å². The minimum Gasteiger partial charge on any atom is -0.394 e. The van der Waals surface area contributed by atoms with Crippen LogP contribution in [0.2, 0.25) is 5.02 Å². The molecule has 0 spiro atoms. The molecule has 5 heteroatoms. The summed E-state index contributed by atoms with van der Waals surface area (Å²) in [6.45, 7) is 6.26. The molecule has 1 atom stereocenters. The van der Waals surface area contributed by atoms with E-state index in [1.807, 2.05) is 38.1 Å². The fourth-order valence-corrected chi connectivity index (χ4v) is 1.75. The Morgan fingerprint density at radius 2 is 1.95 bits per heavy atom. The van der Waals surface area contributed by atoms with Gasteiger partial charge in [0.15, 0.2) is 0 Å². The standard InChI is InChI=1S/C14H21ClN2O2/c1-10(8-18)17-13(19)16-9-14(2,3)11-4-6-12(15)7-5-11/h4-7,10,18H,8-9H2,1-3H3,(H2,16,17,19). The first-order valence-corrected chi connectivity index (χ1v) is 6.64. The molecule has 2 amide bonds. The van der Waals surface area contributed by atoms with Gasteiger partial charge in [-0.05, 0) is 24.6 Å². The minimum absolute atomic E-state index is 0.0754. The first-order chi connectivity index (χ1) is 8.85. The van der Waals surface area contributed by atoms with Crippen molar-refractivity contribution in [3.05, 3.63) is 34.9 Å². The Kier molecular flexibility index (Phi) is 5.63. The highest BCUT2D eigenvalue weighted by molar-refractivity contribution is 6.30. The van der Waals surface area contributed by atoms with Gasteiger partial charge in [0.05, 0.1) is 12.6 Å². The lowest BCUT2D eigenvalue weighted by Gasteiger charge is -2.26. The van der Waals surface area contributed by atoms with E-state index in [4.69, 9.17) is 16.7 Å². The smallest absolute Gasteiger partial charge is 0.315 e. The summed E-state index contributed by atoms with van der Waals surface area (Å²) in [5.41, 5.74) is 0.914. The van der Waals surface area contributed by atoms with Gasteiger partial charge in [0.2, 0.25) is 0 Å². The molecule has 19 heavy (non-hydrogen) atoms. The van der Waals surface area contributed by atoms with Gasteiger partial charge in [-0.15, -0.1) is 0 Å². The summed E-state index contributed by atoms with van der Waals surface area (Å²) in [5.74, 6) is 0. The number of halogens is 1. The van der Waals surface area contributed by atoms with Gasteiger partial charge in [-0.3, -0.25) is 0 Å².